The van der Waals surface area contributed by atoms with Crippen molar-refractivity contribution in [2.75, 3.05) is 12.4 Å². The number of nitrogens with one attached hydrogen (secondary N) is 1. The molecule has 0 radical (unpaired) electrons. The number of nitrogens with zero attached hydrogens (tertiary/aromatic N) is 4. The van der Waals surface area contributed by atoms with E-state index in [0.29, 0.717) is 6.54 Å². The van der Waals surface area contributed by atoms with Crippen LogP contribution in [0, 0.1) is 0 Å². The summed E-state index contributed by atoms with van der Waals surface area (Å²) >= 11 is 0. The Morgan fingerprint density at radius 1 is 1.56 bits per heavy atom. The molecule has 0 unspecified atom stereocenters. The van der Waals surface area contributed by atoms with Gasteiger partial charge in [-0.25, -0.2) is 9.78 Å². The minimum absolute atomic E-state index is 0.264. The molecule has 0 fully saturated rings. The molecule has 0 bridgehead atoms. The number of methoxy groups -OCH3 is 1. The highest BCUT2D eigenvalue weighted by Gasteiger charge is 2.07. The molecule has 7 nitrogen and oxygen atoms in total. The van der Waals surface area contributed by atoms with E-state index in [2.05, 4.69) is 25.2 Å². The summed E-state index contributed by atoms with van der Waals surface area (Å²) in [5.41, 5.74) is 1.04. The summed E-state index contributed by atoms with van der Waals surface area (Å²) in [7, 11) is 3.19. The van der Waals surface area contributed by atoms with E-state index in [9.17, 15) is 4.79 Å². The van der Waals surface area contributed by atoms with E-state index in [4.69, 9.17) is 0 Å². The number of anilines is 1. The molecule has 2 rings (SSSR count). The van der Waals surface area contributed by atoms with Crippen LogP contribution in [0.15, 0.2) is 24.7 Å². The summed E-state index contributed by atoms with van der Waals surface area (Å²) in [5, 5.41) is 10.9. The lowest BCUT2D eigenvalue weighted by Crippen LogP contribution is -2.08. The van der Waals surface area contributed by atoms with Crippen molar-refractivity contribution in [2.45, 2.75) is 6.54 Å². The zero-order valence-corrected chi connectivity index (χ0v) is 10.1. The molecular weight excluding hydrogens is 234 g/mol. The number of rotatable bonds is 4. The highest BCUT2D eigenvalue weighted by Crippen LogP contribution is 2.09. The van der Waals surface area contributed by atoms with Crippen LogP contribution in [0.5, 0.6) is 0 Å². The molecule has 0 atom stereocenters. The Morgan fingerprint density at radius 3 is 3.06 bits per heavy atom. The second kappa shape index (κ2) is 5.26. The first-order valence-electron chi connectivity index (χ1n) is 5.32. The summed E-state index contributed by atoms with van der Waals surface area (Å²) in [5.74, 6) is 0.337. The second-order valence-corrected chi connectivity index (χ2v) is 3.63. The van der Waals surface area contributed by atoms with Crippen LogP contribution in [0.25, 0.3) is 0 Å². The maximum atomic E-state index is 11.3. The van der Waals surface area contributed by atoms with E-state index in [1.54, 1.807) is 24.7 Å². The van der Waals surface area contributed by atoms with Crippen molar-refractivity contribution in [3.63, 3.8) is 0 Å². The Balaban J connectivity index is 2.06. The first-order valence-corrected chi connectivity index (χ1v) is 5.32. The normalized spacial score (nSPS) is 10.1. The van der Waals surface area contributed by atoms with Crippen molar-refractivity contribution in [3.05, 3.63) is 36.2 Å². The van der Waals surface area contributed by atoms with Crippen LogP contribution in [-0.4, -0.2) is 32.8 Å². The standard InChI is InChI=1S/C11H13N5O2/c1-16-7-14-15-10(16)6-13-8-3-4-12-9(5-8)11(17)18-2/h3-5,7H,6H2,1-2H3,(H,12,13). The first kappa shape index (κ1) is 12.0. The molecule has 0 aliphatic heterocycles. The van der Waals surface area contributed by atoms with Crippen LogP contribution in [-0.2, 0) is 18.3 Å². The zero-order chi connectivity index (χ0) is 13.0. The number of hydrogen-bond donors (Lipinski definition) is 1. The van der Waals surface area contributed by atoms with E-state index in [-0.39, 0.29) is 5.69 Å². The number of pyridine rings is 1. The number of aryl methyl sites for hydroxylation is 1. The molecule has 18 heavy (non-hydrogen) atoms. The highest BCUT2D eigenvalue weighted by atomic mass is 16.5. The van der Waals surface area contributed by atoms with Gasteiger partial charge >= 0.3 is 5.97 Å². The number of esters is 1. The minimum atomic E-state index is -0.461. The molecule has 2 aromatic heterocycles. The van der Waals surface area contributed by atoms with Crippen LogP contribution in [0.2, 0.25) is 0 Å². The first-order chi connectivity index (χ1) is 8.70. The van der Waals surface area contributed by atoms with Gasteiger partial charge in [0, 0.05) is 18.9 Å². The van der Waals surface area contributed by atoms with E-state index in [1.165, 1.54) is 7.11 Å². The minimum Gasteiger partial charge on any atom is -0.464 e. The average Bonchev–Trinajstić information content (AvgIpc) is 2.81. The summed E-state index contributed by atoms with van der Waals surface area (Å²) in [6.07, 6.45) is 3.18. The maximum Gasteiger partial charge on any atom is 0.356 e. The van der Waals surface area contributed by atoms with Gasteiger partial charge in [0.2, 0.25) is 0 Å². The number of carbonyl (C=O) groups excluding carboxylic acids is 1. The van der Waals surface area contributed by atoms with Gasteiger partial charge in [-0.05, 0) is 12.1 Å². The quantitative estimate of drug-likeness (QED) is 0.797. The maximum absolute atomic E-state index is 11.3. The molecule has 0 aromatic carbocycles. The van der Waals surface area contributed by atoms with E-state index in [1.807, 2.05) is 11.6 Å². The number of aromatic nitrogens is 4. The van der Waals surface area contributed by atoms with Crippen molar-refractivity contribution < 1.29 is 9.53 Å². The monoisotopic (exact) mass is 247 g/mol. The van der Waals surface area contributed by atoms with Gasteiger partial charge in [0.05, 0.1) is 13.7 Å². The van der Waals surface area contributed by atoms with Crippen LogP contribution >= 0.6 is 0 Å². The average molecular weight is 247 g/mol. The largest absolute Gasteiger partial charge is 0.464 e. The van der Waals surface area contributed by atoms with Gasteiger partial charge in [-0.3, -0.25) is 0 Å². The zero-order valence-electron chi connectivity index (χ0n) is 10.1. The molecule has 0 aliphatic carbocycles. The SMILES string of the molecule is COC(=O)c1cc(NCc2nncn2C)ccn1. The van der Waals surface area contributed by atoms with Gasteiger partial charge in [0.1, 0.15) is 12.0 Å². The third kappa shape index (κ3) is 2.62. The van der Waals surface area contributed by atoms with E-state index >= 15 is 0 Å². The molecule has 0 saturated heterocycles. The second-order valence-electron chi connectivity index (χ2n) is 3.63. The smallest absolute Gasteiger partial charge is 0.356 e. The molecule has 94 valence electrons. The van der Waals surface area contributed by atoms with E-state index in [0.717, 1.165) is 11.5 Å². The molecule has 2 aromatic rings. The van der Waals surface area contributed by atoms with Gasteiger partial charge in [0.25, 0.3) is 0 Å². The van der Waals surface area contributed by atoms with Crippen molar-refractivity contribution in [1.82, 2.24) is 19.7 Å². The third-order valence-electron chi connectivity index (χ3n) is 2.41. The van der Waals surface area contributed by atoms with Crippen LogP contribution in [0.4, 0.5) is 5.69 Å². The molecule has 2 heterocycles. The topological polar surface area (TPSA) is 81.9 Å². The van der Waals surface area contributed by atoms with Crippen molar-refractivity contribution in [1.29, 1.82) is 0 Å². The Kier molecular flexibility index (Phi) is 3.52. The van der Waals surface area contributed by atoms with Gasteiger partial charge in [0.15, 0.2) is 5.82 Å². The molecule has 1 N–H and O–H groups in total. The molecule has 0 amide bonds. The predicted molar refractivity (Wildman–Crippen MR) is 63.9 cm³/mol. The van der Waals surface area contributed by atoms with Gasteiger partial charge in [-0.1, -0.05) is 0 Å². The summed E-state index contributed by atoms with van der Waals surface area (Å²) in [6.45, 7) is 0.515. The Labute approximate surface area is 104 Å². The number of hydrogen-bond acceptors (Lipinski definition) is 6. The summed E-state index contributed by atoms with van der Waals surface area (Å²) < 4.78 is 6.42. The lowest BCUT2D eigenvalue weighted by Gasteiger charge is -2.06. The summed E-state index contributed by atoms with van der Waals surface area (Å²) in [4.78, 5) is 15.2. The fourth-order valence-corrected chi connectivity index (χ4v) is 1.40. The Morgan fingerprint density at radius 2 is 2.39 bits per heavy atom. The van der Waals surface area contributed by atoms with Crippen LogP contribution in [0.1, 0.15) is 16.3 Å². The number of ether oxygens (including phenoxy) is 1. The Hall–Kier alpha value is -2.44. The molecule has 0 spiro atoms. The van der Waals surface area contributed by atoms with Crippen LogP contribution in [0.3, 0.4) is 0 Å². The fourth-order valence-electron chi connectivity index (χ4n) is 1.40. The third-order valence-corrected chi connectivity index (χ3v) is 2.41. The molecule has 0 saturated carbocycles. The highest BCUT2D eigenvalue weighted by molar-refractivity contribution is 5.88. The summed E-state index contributed by atoms with van der Waals surface area (Å²) in [6, 6.07) is 3.39. The molecule has 0 aliphatic rings. The lowest BCUT2D eigenvalue weighted by molar-refractivity contribution is 0.0594. The lowest BCUT2D eigenvalue weighted by atomic mass is 10.3. The van der Waals surface area contributed by atoms with Gasteiger partial charge < -0.3 is 14.6 Å². The molecule has 7 heteroatoms. The fraction of sp³-hybridized carbons (Fsp3) is 0.273. The van der Waals surface area contributed by atoms with Gasteiger partial charge in [-0.2, -0.15) is 0 Å². The van der Waals surface area contributed by atoms with Crippen LogP contribution < -0.4 is 5.32 Å². The van der Waals surface area contributed by atoms with Gasteiger partial charge in [-0.15, -0.1) is 10.2 Å². The van der Waals surface area contributed by atoms with Crippen molar-refractivity contribution in [2.24, 2.45) is 7.05 Å². The molecular formula is C11H13N5O2. The van der Waals surface area contributed by atoms with Crippen molar-refractivity contribution >= 4 is 11.7 Å². The van der Waals surface area contributed by atoms with E-state index < -0.39 is 5.97 Å². The Bertz CT molecular complexity index is 552. The van der Waals surface area contributed by atoms with Crippen molar-refractivity contribution in [3.8, 4) is 0 Å². The predicted octanol–water partition coefficient (Wildman–Crippen LogP) is 0.609. The number of carbonyl (C=O) groups is 1.